The highest BCUT2D eigenvalue weighted by molar-refractivity contribution is 5.99. The summed E-state index contributed by atoms with van der Waals surface area (Å²) in [6, 6.07) is 24.3. The minimum Gasteiger partial charge on any atom is -0.290 e. The van der Waals surface area contributed by atoms with Gasteiger partial charge in [-0.15, -0.1) is 0 Å². The molecule has 1 aromatic heterocycles. The van der Waals surface area contributed by atoms with E-state index < -0.39 is 0 Å². The number of carbonyl (C=O) groups excluding carboxylic acids is 1. The third-order valence-electron chi connectivity index (χ3n) is 4.35. The zero-order valence-electron chi connectivity index (χ0n) is 13.9. The topological polar surface area (TPSA) is 25.9 Å². The predicted molar refractivity (Wildman–Crippen MR) is 98.4 cm³/mol. The van der Waals surface area contributed by atoms with Gasteiger partial charge in [0.25, 0.3) is 0 Å². The third-order valence-corrected chi connectivity index (χ3v) is 4.35. The van der Waals surface area contributed by atoms with Crippen LogP contribution in [0.15, 0.2) is 91.5 Å². The summed E-state index contributed by atoms with van der Waals surface area (Å²) in [4.78, 5) is 12.6. The summed E-state index contributed by atoms with van der Waals surface area (Å²) in [6.07, 6.45) is 5.93. The first-order chi connectivity index (χ1) is 12.3. The Morgan fingerprint density at radius 1 is 0.880 bits per heavy atom. The Hall–Kier alpha value is -3.20. The zero-order chi connectivity index (χ0) is 17.1. The van der Waals surface area contributed by atoms with Gasteiger partial charge in [0.05, 0.1) is 0 Å². The van der Waals surface area contributed by atoms with Crippen molar-refractivity contribution in [3.63, 3.8) is 0 Å². The average Bonchev–Trinajstić information content (AvgIpc) is 3.09. The molecule has 0 N–H and O–H groups in total. The van der Waals surface area contributed by atoms with Crippen molar-refractivity contribution in [3.8, 4) is 0 Å². The summed E-state index contributed by atoms with van der Waals surface area (Å²) in [5.74, 6) is 0.119. The van der Waals surface area contributed by atoms with Gasteiger partial charge in [-0.25, -0.2) is 9.13 Å². The number of fused-ring (bicyclic) bond motifs is 1. The molecule has 4 rings (SSSR count). The lowest BCUT2D eigenvalue weighted by molar-refractivity contribution is -0.687. The second kappa shape index (κ2) is 6.73. The van der Waals surface area contributed by atoms with Crippen molar-refractivity contribution < 1.29 is 9.36 Å². The number of rotatable bonds is 5. The van der Waals surface area contributed by atoms with Crippen LogP contribution in [-0.4, -0.2) is 10.4 Å². The van der Waals surface area contributed by atoms with Gasteiger partial charge in [0.2, 0.25) is 12.1 Å². The van der Waals surface area contributed by atoms with Gasteiger partial charge in [-0.2, -0.15) is 0 Å². The van der Waals surface area contributed by atoms with Gasteiger partial charge in [0.15, 0.2) is 6.54 Å². The van der Waals surface area contributed by atoms with E-state index in [0.29, 0.717) is 6.54 Å². The highest BCUT2D eigenvalue weighted by Gasteiger charge is 2.12. The molecule has 1 heterocycles. The molecule has 0 unspecified atom stereocenters. The van der Waals surface area contributed by atoms with Crippen molar-refractivity contribution in [3.05, 3.63) is 103 Å². The number of benzene rings is 3. The third kappa shape index (κ3) is 3.50. The van der Waals surface area contributed by atoms with Crippen LogP contribution in [0, 0.1) is 0 Å². The number of nitrogens with zero attached hydrogens (tertiary/aromatic N) is 2. The van der Waals surface area contributed by atoms with Crippen LogP contribution in [-0.2, 0) is 13.1 Å². The van der Waals surface area contributed by atoms with Gasteiger partial charge < -0.3 is 0 Å². The molecular formula is C22H19N2O+. The van der Waals surface area contributed by atoms with Crippen molar-refractivity contribution in [2.24, 2.45) is 0 Å². The number of Topliss-reactive ketones (excluding diaryl/α,β-unsaturated/α-hetero) is 1. The van der Waals surface area contributed by atoms with E-state index >= 15 is 0 Å². The molecule has 0 fully saturated rings. The summed E-state index contributed by atoms with van der Waals surface area (Å²) in [5.41, 5.74) is 1.99. The number of ketones is 1. The Morgan fingerprint density at radius 2 is 1.64 bits per heavy atom. The highest BCUT2D eigenvalue weighted by Crippen LogP contribution is 2.16. The Kier molecular flexibility index (Phi) is 4.13. The average molecular weight is 327 g/mol. The molecular weight excluding hydrogens is 308 g/mol. The van der Waals surface area contributed by atoms with E-state index in [-0.39, 0.29) is 5.78 Å². The largest absolute Gasteiger partial charge is 0.290 e. The molecule has 0 amide bonds. The van der Waals surface area contributed by atoms with Crippen LogP contribution in [0.2, 0.25) is 0 Å². The van der Waals surface area contributed by atoms with E-state index in [1.807, 2.05) is 77.9 Å². The van der Waals surface area contributed by atoms with E-state index in [2.05, 4.69) is 22.8 Å². The first kappa shape index (κ1) is 15.3. The Bertz CT molecular complexity index is 1020. The van der Waals surface area contributed by atoms with E-state index in [4.69, 9.17) is 0 Å². The second-order valence-corrected chi connectivity index (χ2v) is 6.23. The SMILES string of the molecule is O=C(Cn1cc[n+](Cc2ccccc2)c1)c1ccc2ccccc2c1. The molecule has 3 nitrogen and oxygen atoms in total. The number of hydrogen-bond donors (Lipinski definition) is 0. The lowest BCUT2D eigenvalue weighted by Gasteiger charge is -2.02. The minimum absolute atomic E-state index is 0.119. The van der Waals surface area contributed by atoms with E-state index in [1.165, 1.54) is 5.56 Å². The summed E-state index contributed by atoms with van der Waals surface area (Å²) in [5, 5.41) is 2.25. The smallest absolute Gasteiger partial charge is 0.244 e. The predicted octanol–water partition coefficient (Wildman–Crippen LogP) is 3.86. The molecule has 3 aromatic carbocycles. The molecule has 122 valence electrons. The summed E-state index contributed by atoms with van der Waals surface area (Å²) in [6.45, 7) is 1.15. The summed E-state index contributed by atoms with van der Waals surface area (Å²) in [7, 11) is 0. The molecule has 0 spiro atoms. The highest BCUT2D eigenvalue weighted by atomic mass is 16.1. The molecule has 0 bridgehead atoms. The van der Waals surface area contributed by atoms with Crippen LogP contribution in [0.1, 0.15) is 15.9 Å². The maximum atomic E-state index is 12.6. The van der Waals surface area contributed by atoms with Gasteiger partial charge >= 0.3 is 0 Å². The quantitative estimate of drug-likeness (QED) is 0.404. The van der Waals surface area contributed by atoms with Crippen LogP contribution in [0.4, 0.5) is 0 Å². The minimum atomic E-state index is 0.119. The van der Waals surface area contributed by atoms with E-state index in [1.54, 1.807) is 0 Å². The summed E-state index contributed by atoms with van der Waals surface area (Å²) < 4.78 is 4.02. The Morgan fingerprint density at radius 3 is 2.48 bits per heavy atom. The molecule has 0 saturated heterocycles. The number of carbonyl (C=O) groups is 1. The molecule has 0 atom stereocenters. The molecule has 0 aliphatic rings. The lowest BCUT2D eigenvalue weighted by Crippen LogP contribution is -2.31. The molecule has 0 aliphatic carbocycles. The van der Waals surface area contributed by atoms with Crippen molar-refractivity contribution in [2.45, 2.75) is 13.1 Å². The zero-order valence-corrected chi connectivity index (χ0v) is 13.9. The van der Waals surface area contributed by atoms with Crippen molar-refractivity contribution in [2.75, 3.05) is 0 Å². The first-order valence-electron chi connectivity index (χ1n) is 8.39. The maximum absolute atomic E-state index is 12.6. The fourth-order valence-electron chi connectivity index (χ4n) is 3.04. The number of aromatic nitrogens is 2. The van der Waals surface area contributed by atoms with Crippen molar-refractivity contribution in [1.82, 2.24) is 4.57 Å². The second-order valence-electron chi connectivity index (χ2n) is 6.23. The molecule has 4 aromatic rings. The number of imidazole rings is 1. The lowest BCUT2D eigenvalue weighted by atomic mass is 10.0. The first-order valence-corrected chi connectivity index (χ1v) is 8.39. The Balaban J connectivity index is 1.48. The Labute approximate surface area is 146 Å². The standard InChI is InChI=1S/C22H19N2O/c25-22(21-11-10-19-8-4-5-9-20(19)14-21)16-24-13-12-23(17-24)15-18-6-2-1-3-7-18/h1-14,17H,15-16H2/q+1. The summed E-state index contributed by atoms with van der Waals surface area (Å²) >= 11 is 0. The van der Waals surface area contributed by atoms with Crippen LogP contribution >= 0.6 is 0 Å². The van der Waals surface area contributed by atoms with Crippen molar-refractivity contribution >= 4 is 16.6 Å². The monoisotopic (exact) mass is 327 g/mol. The fraction of sp³-hybridized carbons (Fsp3) is 0.0909. The van der Waals surface area contributed by atoms with Gasteiger partial charge in [0, 0.05) is 5.56 Å². The fourth-order valence-corrected chi connectivity index (χ4v) is 3.04. The molecule has 0 saturated carbocycles. The van der Waals surface area contributed by atoms with Gasteiger partial charge in [-0.05, 0) is 22.4 Å². The molecule has 25 heavy (non-hydrogen) atoms. The van der Waals surface area contributed by atoms with Crippen LogP contribution < -0.4 is 4.57 Å². The van der Waals surface area contributed by atoms with Gasteiger partial charge in [0.1, 0.15) is 18.9 Å². The molecule has 0 radical (unpaired) electrons. The number of hydrogen-bond acceptors (Lipinski definition) is 1. The normalized spacial score (nSPS) is 10.9. The maximum Gasteiger partial charge on any atom is 0.244 e. The molecule has 0 aliphatic heterocycles. The van der Waals surface area contributed by atoms with E-state index in [0.717, 1.165) is 22.9 Å². The van der Waals surface area contributed by atoms with Crippen LogP contribution in [0.25, 0.3) is 10.8 Å². The van der Waals surface area contributed by atoms with E-state index in [9.17, 15) is 4.79 Å². The van der Waals surface area contributed by atoms with Gasteiger partial charge in [-0.1, -0.05) is 66.7 Å². The van der Waals surface area contributed by atoms with Gasteiger partial charge in [-0.3, -0.25) is 4.79 Å². The van der Waals surface area contributed by atoms with Crippen LogP contribution in [0.3, 0.4) is 0 Å². The van der Waals surface area contributed by atoms with Crippen molar-refractivity contribution in [1.29, 1.82) is 0 Å². The van der Waals surface area contributed by atoms with Crippen LogP contribution in [0.5, 0.6) is 0 Å². The molecule has 3 heteroatoms.